The third-order valence-corrected chi connectivity index (χ3v) is 2.72. The standard InChI is InChI=1S/C14H20F4N2/c1-13(2,3)19-8-10-11(15)6-5-7-12(10)20(4)9-14(16,17)18/h5-7,19H,8-9H2,1-4H3. The van der Waals surface area contributed by atoms with E-state index in [4.69, 9.17) is 0 Å². The third-order valence-electron chi connectivity index (χ3n) is 2.72. The lowest BCUT2D eigenvalue weighted by Crippen LogP contribution is -2.37. The molecule has 1 N–H and O–H groups in total. The van der Waals surface area contributed by atoms with Crippen molar-refractivity contribution in [2.75, 3.05) is 18.5 Å². The second-order valence-electron chi connectivity index (χ2n) is 5.81. The highest BCUT2D eigenvalue weighted by atomic mass is 19.4. The van der Waals surface area contributed by atoms with Gasteiger partial charge in [0.05, 0.1) is 0 Å². The molecular formula is C14H20F4N2. The Morgan fingerprint density at radius 3 is 2.25 bits per heavy atom. The minimum Gasteiger partial charge on any atom is -0.365 e. The van der Waals surface area contributed by atoms with Gasteiger partial charge in [0.15, 0.2) is 0 Å². The Balaban J connectivity index is 2.99. The third kappa shape index (κ3) is 5.36. The maximum atomic E-state index is 13.9. The molecule has 20 heavy (non-hydrogen) atoms. The number of anilines is 1. The van der Waals surface area contributed by atoms with Crippen LogP contribution >= 0.6 is 0 Å². The monoisotopic (exact) mass is 292 g/mol. The van der Waals surface area contributed by atoms with Gasteiger partial charge in [0.2, 0.25) is 0 Å². The predicted octanol–water partition coefficient (Wildman–Crippen LogP) is 3.71. The molecule has 0 unspecified atom stereocenters. The number of benzene rings is 1. The number of hydrogen-bond donors (Lipinski definition) is 1. The molecule has 0 saturated heterocycles. The van der Waals surface area contributed by atoms with Crippen LogP contribution < -0.4 is 10.2 Å². The van der Waals surface area contributed by atoms with Crippen molar-refractivity contribution in [3.8, 4) is 0 Å². The lowest BCUT2D eigenvalue weighted by atomic mass is 10.1. The maximum absolute atomic E-state index is 13.9. The van der Waals surface area contributed by atoms with Gasteiger partial charge in [-0.3, -0.25) is 0 Å². The van der Waals surface area contributed by atoms with Gasteiger partial charge >= 0.3 is 6.18 Å². The van der Waals surface area contributed by atoms with Gasteiger partial charge in [-0.2, -0.15) is 13.2 Å². The van der Waals surface area contributed by atoms with Crippen LogP contribution in [0.25, 0.3) is 0 Å². The van der Waals surface area contributed by atoms with Gasteiger partial charge in [0.25, 0.3) is 0 Å². The maximum Gasteiger partial charge on any atom is 0.405 e. The highest BCUT2D eigenvalue weighted by Crippen LogP contribution is 2.26. The fourth-order valence-electron chi connectivity index (χ4n) is 1.79. The average molecular weight is 292 g/mol. The van der Waals surface area contributed by atoms with Crippen LogP contribution in [0.4, 0.5) is 23.2 Å². The first-order valence-electron chi connectivity index (χ1n) is 6.30. The van der Waals surface area contributed by atoms with Gasteiger partial charge in [-0.25, -0.2) is 4.39 Å². The van der Waals surface area contributed by atoms with Gasteiger partial charge in [-0.05, 0) is 32.9 Å². The number of nitrogens with zero attached hydrogens (tertiary/aromatic N) is 1. The topological polar surface area (TPSA) is 15.3 Å². The Morgan fingerprint density at radius 2 is 1.75 bits per heavy atom. The van der Waals surface area contributed by atoms with Crippen molar-refractivity contribution in [3.05, 3.63) is 29.6 Å². The number of alkyl halides is 3. The van der Waals surface area contributed by atoms with E-state index in [9.17, 15) is 17.6 Å². The van der Waals surface area contributed by atoms with Crippen molar-refractivity contribution in [2.24, 2.45) is 0 Å². The van der Waals surface area contributed by atoms with Crippen LogP contribution in [0.3, 0.4) is 0 Å². The molecule has 0 atom stereocenters. The summed E-state index contributed by atoms with van der Waals surface area (Å²) >= 11 is 0. The van der Waals surface area contributed by atoms with Gasteiger partial charge in [-0.15, -0.1) is 0 Å². The number of hydrogen-bond acceptors (Lipinski definition) is 2. The van der Waals surface area contributed by atoms with Crippen LogP contribution in [-0.4, -0.2) is 25.3 Å². The molecule has 0 radical (unpaired) electrons. The van der Waals surface area contributed by atoms with Crippen LogP contribution in [0.15, 0.2) is 18.2 Å². The molecule has 0 aromatic heterocycles. The van der Waals surface area contributed by atoms with E-state index in [-0.39, 0.29) is 23.3 Å². The molecule has 6 heteroatoms. The summed E-state index contributed by atoms with van der Waals surface area (Å²) in [5.41, 5.74) is 0.246. The van der Waals surface area contributed by atoms with Crippen LogP contribution in [0.5, 0.6) is 0 Å². The van der Waals surface area contributed by atoms with Crippen LogP contribution in [0.2, 0.25) is 0 Å². The molecule has 0 amide bonds. The van der Waals surface area contributed by atoms with Crippen molar-refractivity contribution < 1.29 is 17.6 Å². The highest BCUT2D eigenvalue weighted by molar-refractivity contribution is 5.53. The molecule has 2 nitrogen and oxygen atoms in total. The van der Waals surface area contributed by atoms with Crippen LogP contribution in [-0.2, 0) is 6.54 Å². The normalized spacial score (nSPS) is 12.6. The summed E-state index contributed by atoms with van der Waals surface area (Å²) in [5, 5.41) is 3.09. The van der Waals surface area contributed by atoms with E-state index >= 15 is 0 Å². The SMILES string of the molecule is CN(CC(F)(F)F)c1cccc(F)c1CNC(C)(C)C. The quantitative estimate of drug-likeness (QED) is 0.851. The van der Waals surface area contributed by atoms with Crippen molar-refractivity contribution >= 4 is 5.69 Å². The molecule has 1 aromatic rings. The lowest BCUT2D eigenvalue weighted by Gasteiger charge is -2.26. The molecule has 1 aromatic carbocycles. The average Bonchev–Trinajstić information content (AvgIpc) is 2.23. The number of rotatable bonds is 4. The molecule has 0 aliphatic rings. The summed E-state index contributed by atoms with van der Waals surface area (Å²) in [4.78, 5) is 1.02. The van der Waals surface area contributed by atoms with E-state index in [1.165, 1.54) is 25.2 Å². The van der Waals surface area contributed by atoms with Crippen molar-refractivity contribution in [3.63, 3.8) is 0 Å². The lowest BCUT2D eigenvalue weighted by molar-refractivity contribution is -0.119. The van der Waals surface area contributed by atoms with E-state index in [1.807, 2.05) is 20.8 Å². The predicted molar refractivity (Wildman–Crippen MR) is 72.3 cm³/mol. The fourth-order valence-corrected chi connectivity index (χ4v) is 1.79. The minimum absolute atomic E-state index is 0.174. The number of halogens is 4. The van der Waals surface area contributed by atoms with Crippen molar-refractivity contribution in [1.82, 2.24) is 5.32 Å². The van der Waals surface area contributed by atoms with E-state index in [1.54, 1.807) is 0 Å². The zero-order valence-corrected chi connectivity index (χ0v) is 12.1. The summed E-state index contributed by atoms with van der Waals surface area (Å²) in [6.07, 6.45) is -4.32. The van der Waals surface area contributed by atoms with Gasteiger partial charge in [0, 0.05) is 30.4 Å². The molecule has 0 aliphatic heterocycles. The molecule has 0 aliphatic carbocycles. The van der Waals surface area contributed by atoms with Gasteiger partial charge in [-0.1, -0.05) is 6.07 Å². The molecule has 0 bridgehead atoms. The molecule has 114 valence electrons. The Labute approximate surface area is 116 Å². The highest BCUT2D eigenvalue weighted by Gasteiger charge is 2.30. The molecule has 0 fully saturated rings. The summed E-state index contributed by atoms with van der Waals surface area (Å²) in [6.45, 7) is 4.79. The summed E-state index contributed by atoms with van der Waals surface area (Å²) in [6, 6.07) is 4.16. The minimum atomic E-state index is -4.32. The first kappa shape index (κ1) is 16.8. The molecule has 0 saturated carbocycles. The zero-order valence-electron chi connectivity index (χ0n) is 12.1. The smallest absolute Gasteiger partial charge is 0.365 e. The van der Waals surface area contributed by atoms with Crippen molar-refractivity contribution in [2.45, 2.75) is 39.0 Å². The van der Waals surface area contributed by atoms with Crippen molar-refractivity contribution in [1.29, 1.82) is 0 Å². The zero-order chi connectivity index (χ0) is 15.6. The first-order chi connectivity index (χ1) is 8.99. The van der Waals surface area contributed by atoms with E-state index in [2.05, 4.69) is 5.32 Å². The summed E-state index contributed by atoms with van der Waals surface area (Å²) in [7, 11) is 1.31. The largest absolute Gasteiger partial charge is 0.405 e. The molecule has 0 heterocycles. The van der Waals surface area contributed by atoms with E-state index < -0.39 is 18.5 Å². The van der Waals surface area contributed by atoms with E-state index in [0.29, 0.717) is 0 Å². The van der Waals surface area contributed by atoms with Gasteiger partial charge < -0.3 is 10.2 Å². The first-order valence-corrected chi connectivity index (χ1v) is 6.30. The summed E-state index contributed by atoms with van der Waals surface area (Å²) in [5.74, 6) is -0.506. The second-order valence-corrected chi connectivity index (χ2v) is 5.81. The Kier molecular flexibility index (Phi) is 5.02. The number of nitrogens with one attached hydrogen (secondary N) is 1. The fraction of sp³-hybridized carbons (Fsp3) is 0.571. The second kappa shape index (κ2) is 5.99. The molecule has 1 rings (SSSR count). The molecular weight excluding hydrogens is 272 g/mol. The Hall–Kier alpha value is -1.30. The Morgan fingerprint density at radius 1 is 1.15 bits per heavy atom. The van der Waals surface area contributed by atoms with Crippen LogP contribution in [0.1, 0.15) is 26.3 Å². The Bertz CT molecular complexity index is 449. The van der Waals surface area contributed by atoms with E-state index in [0.717, 1.165) is 4.90 Å². The van der Waals surface area contributed by atoms with Crippen LogP contribution in [0, 0.1) is 5.82 Å². The molecule has 0 spiro atoms. The summed E-state index contributed by atoms with van der Waals surface area (Å²) < 4.78 is 51.2. The van der Waals surface area contributed by atoms with Gasteiger partial charge in [0.1, 0.15) is 12.4 Å².